The number of nitrogens with one attached hydrogen (secondary N) is 2. The van der Waals surface area contributed by atoms with Crippen molar-refractivity contribution in [3.8, 4) is 0 Å². The number of amides is 2. The third kappa shape index (κ3) is 5.35. The van der Waals surface area contributed by atoms with Gasteiger partial charge in [-0.2, -0.15) is 4.39 Å². The Kier molecular flexibility index (Phi) is 6.68. The van der Waals surface area contributed by atoms with Crippen LogP contribution in [0.15, 0.2) is 64.3 Å². The van der Waals surface area contributed by atoms with Crippen LogP contribution in [0.4, 0.5) is 8.78 Å². The van der Waals surface area contributed by atoms with Crippen LogP contribution in [0.3, 0.4) is 0 Å². The molecule has 2 aliphatic rings. The van der Waals surface area contributed by atoms with Gasteiger partial charge in [-0.15, -0.1) is 0 Å². The van der Waals surface area contributed by atoms with Crippen molar-refractivity contribution in [2.75, 3.05) is 6.54 Å². The van der Waals surface area contributed by atoms with Crippen LogP contribution >= 0.6 is 0 Å². The number of hydrogen-bond acceptors (Lipinski definition) is 5. The van der Waals surface area contributed by atoms with E-state index in [4.69, 9.17) is 0 Å². The highest BCUT2D eigenvalue weighted by Crippen LogP contribution is 2.41. The molecular formula is C26H25F2N5O4. The summed E-state index contributed by atoms with van der Waals surface area (Å²) in [6.45, 7) is -0.780. The van der Waals surface area contributed by atoms with Crippen molar-refractivity contribution in [3.63, 3.8) is 0 Å². The maximum absolute atomic E-state index is 14.8. The van der Waals surface area contributed by atoms with Gasteiger partial charge in [0, 0.05) is 24.2 Å². The molecule has 5 rings (SSSR count). The number of halogens is 2. The van der Waals surface area contributed by atoms with Gasteiger partial charge in [0.25, 0.3) is 5.56 Å². The Morgan fingerprint density at radius 2 is 1.86 bits per heavy atom. The first-order valence-electron chi connectivity index (χ1n) is 12.0. The third-order valence-corrected chi connectivity index (χ3v) is 6.71. The van der Waals surface area contributed by atoms with Crippen molar-refractivity contribution in [3.05, 3.63) is 98.3 Å². The number of rotatable bonds is 7. The Morgan fingerprint density at radius 3 is 2.54 bits per heavy atom. The summed E-state index contributed by atoms with van der Waals surface area (Å²) in [6.07, 6.45) is 1.34. The van der Waals surface area contributed by atoms with Crippen molar-refractivity contribution in [1.82, 2.24) is 24.8 Å². The lowest BCUT2D eigenvalue weighted by atomic mass is 10.0. The molecule has 0 radical (unpaired) electrons. The fourth-order valence-electron chi connectivity index (χ4n) is 4.64. The molecule has 2 aromatic heterocycles. The second-order valence-corrected chi connectivity index (χ2v) is 9.38. The molecule has 1 aromatic carbocycles. The lowest BCUT2D eigenvalue weighted by molar-refractivity contribution is -0.139. The Morgan fingerprint density at radius 1 is 1.11 bits per heavy atom. The largest absolute Gasteiger partial charge is 0.342 e. The predicted molar refractivity (Wildman–Crippen MR) is 129 cm³/mol. The van der Waals surface area contributed by atoms with Gasteiger partial charge in [0.1, 0.15) is 18.8 Å². The number of nitrogens with zero attached hydrogens (tertiary/aromatic N) is 3. The molecule has 3 aromatic rings. The van der Waals surface area contributed by atoms with E-state index in [2.05, 4.69) is 10.3 Å². The predicted octanol–water partition coefficient (Wildman–Crippen LogP) is 1.79. The number of benzene rings is 1. The molecule has 9 nitrogen and oxygen atoms in total. The first-order valence-corrected chi connectivity index (χ1v) is 12.0. The molecule has 11 heteroatoms. The van der Waals surface area contributed by atoms with Crippen molar-refractivity contribution in [1.29, 1.82) is 0 Å². The minimum absolute atomic E-state index is 0.167. The monoisotopic (exact) mass is 509 g/mol. The van der Waals surface area contributed by atoms with Crippen molar-refractivity contribution in [2.45, 2.75) is 50.0 Å². The molecule has 0 bridgehead atoms. The fourth-order valence-corrected chi connectivity index (χ4v) is 4.64. The molecule has 1 saturated heterocycles. The van der Waals surface area contributed by atoms with E-state index >= 15 is 0 Å². The second-order valence-electron chi connectivity index (χ2n) is 9.38. The van der Waals surface area contributed by atoms with Gasteiger partial charge in [-0.1, -0.05) is 36.4 Å². The van der Waals surface area contributed by atoms with E-state index < -0.39 is 53.8 Å². The van der Waals surface area contributed by atoms with Gasteiger partial charge in [-0.25, -0.2) is 14.2 Å². The first kappa shape index (κ1) is 24.5. The molecule has 2 fully saturated rings. The van der Waals surface area contributed by atoms with Crippen molar-refractivity contribution < 1.29 is 18.4 Å². The van der Waals surface area contributed by atoms with E-state index in [0.717, 1.165) is 34.6 Å². The Bertz CT molecular complexity index is 1440. The molecule has 37 heavy (non-hydrogen) atoms. The average Bonchev–Trinajstić information content (AvgIpc) is 3.64. The molecule has 0 spiro atoms. The zero-order valence-corrected chi connectivity index (χ0v) is 19.8. The van der Waals surface area contributed by atoms with E-state index in [1.807, 2.05) is 4.98 Å². The van der Waals surface area contributed by atoms with Crippen LogP contribution in [0.2, 0.25) is 0 Å². The van der Waals surface area contributed by atoms with E-state index in [9.17, 15) is 28.0 Å². The summed E-state index contributed by atoms with van der Waals surface area (Å²) in [7, 11) is 0. The van der Waals surface area contributed by atoms with Crippen molar-refractivity contribution in [2.24, 2.45) is 0 Å². The molecule has 1 aliphatic heterocycles. The summed E-state index contributed by atoms with van der Waals surface area (Å²) < 4.78 is 30.2. The number of likely N-dealkylation sites (tertiary alicyclic amines) is 1. The summed E-state index contributed by atoms with van der Waals surface area (Å²) >= 11 is 0. The standard InChI is InChI=1S/C26H25F2N5O4/c27-17-12-20(33(13-17)22(35)14-32-11-10-21(34)30-26(32)37)25(36)31-23(16-4-2-1-3-5-16)19-9-8-18(15-6-7-15)24(28)29-19/h1-5,8-11,15,17,20,23H,6-7,12-14H2,(H,31,36)(H,30,34,37)/t17-,20+,23+/m1/s1. The first-order chi connectivity index (χ1) is 17.8. The summed E-state index contributed by atoms with van der Waals surface area (Å²) in [5.74, 6) is -1.68. The lowest BCUT2D eigenvalue weighted by Crippen LogP contribution is -2.48. The summed E-state index contributed by atoms with van der Waals surface area (Å²) in [4.78, 5) is 56.9. The van der Waals surface area contributed by atoms with Gasteiger partial charge >= 0.3 is 5.69 Å². The van der Waals surface area contributed by atoms with E-state index in [1.54, 1.807) is 42.5 Å². The number of carbonyl (C=O) groups excluding carboxylic acids is 2. The van der Waals surface area contributed by atoms with Gasteiger partial charge in [-0.3, -0.25) is 23.9 Å². The molecule has 3 heterocycles. The number of aromatic nitrogens is 3. The highest BCUT2D eigenvalue weighted by molar-refractivity contribution is 5.88. The Balaban J connectivity index is 1.38. The van der Waals surface area contributed by atoms with Crippen molar-refractivity contribution >= 4 is 11.8 Å². The van der Waals surface area contributed by atoms with Crippen LogP contribution in [0.5, 0.6) is 0 Å². The minimum atomic E-state index is -1.43. The zero-order valence-electron chi connectivity index (χ0n) is 19.8. The van der Waals surface area contributed by atoms with Gasteiger partial charge < -0.3 is 10.2 Å². The van der Waals surface area contributed by atoms with Crippen LogP contribution in [-0.2, 0) is 16.1 Å². The summed E-state index contributed by atoms with van der Waals surface area (Å²) in [5, 5.41) is 2.83. The maximum atomic E-state index is 14.8. The number of H-pyrrole nitrogens is 1. The molecule has 1 saturated carbocycles. The summed E-state index contributed by atoms with van der Waals surface area (Å²) in [5.41, 5.74) is 0.0818. The highest BCUT2D eigenvalue weighted by atomic mass is 19.1. The SMILES string of the molecule is O=C(N[C@@H](c1ccccc1)c1ccc(C2CC2)c(F)n1)[C@@H]1C[C@@H](F)CN1C(=O)Cn1ccc(=O)[nH]c1=O. The Labute approximate surface area is 210 Å². The molecule has 3 atom stereocenters. The van der Waals surface area contributed by atoms with Crippen LogP contribution in [0.1, 0.15) is 48.0 Å². The second kappa shape index (κ2) is 10.1. The van der Waals surface area contributed by atoms with Crippen LogP contribution < -0.4 is 16.6 Å². The molecule has 2 amide bonds. The third-order valence-electron chi connectivity index (χ3n) is 6.71. The van der Waals surface area contributed by atoms with E-state index in [-0.39, 0.29) is 24.6 Å². The van der Waals surface area contributed by atoms with Crippen LogP contribution in [0, 0.1) is 5.95 Å². The maximum Gasteiger partial charge on any atom is 0.328 e. The molecule has 192 valence electrons. The number of alkyl halides is 1. The van der Waals surface area contributed by atoms with Crippen LogP contribution in [-0.4, -0.2) is 50.0 Å². The molecule has 1 aliphatic carbocycles. The minimum Gasteiger partial charge on any atom is -0.342 e. The number of pyridine rings is 1. The van der Waals surface area contributed by atoms with Gasteiger partial charge in [-0.05, 0) is 30.4 Å². The smallest absolute Gasteiger partial charge is 0.328 e. The number of carbonyl (C=O) groups is 2. The molecule has 2 N–H and O–H groups in total. The van der Waals surface area contributed by atoms with Gasteiger partial charge in [0.15, 0.2) is 0 Å². The number of aromatic amines is 1. The fraction of sp³-hybridized carbons (Fsp3) is 0.346. The quantitative estimate of drug-likeness (QED) is 0.471. The normalized spacial score (nSPS) is 20.0. The van der Waals surface area contributed by atoms with E-state index in [0.29, 0.717) is 11.1 Å². The molecule has 0 unspecified atom stereocenters. The molecular weight excluding hydrogens is 484 g/mol. The lowest BCUT2D eigenvalue weighted by Gasteiger charge is -2.27. The topological polar surface area (TPSA) is 117 Å². The average molecular weight is 510 g/mol. The number of hydrogen-bond donors (Lipinski definition) is 2. The van der Waals surface area contributed by atoms with Crippen LogP contribution in [0.25, 0.3) is 0 Å². The van der Waals surface area contributed by atoms with Gasteiger partial charge in [0.05, 0.1) is 18.3 Å². The highest BCUT2D eigenvalue weighted by Gasteiger charge is 2.40. The zero-order chi connectivity index (χ0) is 26.1. The summed E-state index contributed by atoms with van der Waals surface area (Å²) in [6, 6.07) is 11.4. The Hall–Kier alpha value is -4.15. The van der Waals surface area contributed by atoms with Gasteiger partial charge in [0.2, 0.25) is 17.8 Å². The van der Waals surface area contributed by atoms with E-state index in [1.165, 1.54) is 0 Å².